The zero-order chi connectivity index (χ0) is 11.2. The first kappa shape index (κ1) is 13.2. The minimum atomic E-state index is -0.898. The third-order valence-electron chi connectivity index (χ3n) is 1.14. The van der Waals surface area contributed by atoms with Crippen molar-refractivity contribution in [1.29, 1.82) is 0 Å². The maximum Gasteiger partial charge on any atom is 0.422 e. The van der Waals surface area contributed by atoms with Crippen LogP contribution in [-0.2, 0) is 4.74 Å². The van der Waals surface area contributed by atoms with Crippen molar-refractivity contribution in [1.82, 2.24) is 10.9 Å². The average molecular weight is 206 g/mol. The van der Waals surface area contributed by atoms with E-state index in [-0.39, 0.29) is 13.2 Å². The predicted molar refractivity (Wildman–Crippen MR) is 50.5 cm³/mol. The highest BCUT2D eigenvalue weighted by molar-refractivity contribution is 5.66. The molecular formula is C8H18N2O4. The Kier molecular flexibility index (Phi) is 5.44. The van der Waals surface area contributed by atoms with Gasteiger partial charge in [0.05, 0.1) is 12.7 Å². The summed E-state index contributed by atoms with van der Waals surface area (Å²) in [6.45, 7) is 4.94. The van der Waals surface area contributed by atoms with Crippen molar-refractivity contribution in [3.63, 3.8) is 0 Å². The summed E-state index contributed by atoms with van der Waals surface area (Å²) in [6.07, 6.45) is -1.52. The van der Waals surface area contributed by atoms with Gasteiger partial charge in [-0.2, -0.15) is 0 Å². The molecule has 6 heteroatoms. The normalized spacial score (nSPS) is 13.5. The lowest BCUT2D eigenvalue weighted by Crippen LogP contribution is -2.44. The fourth-order valence-electron chi connectivity index (χ4n) is 0.609. The van der Waals surface area contributed by atoms with Crippen molar-refractivity contribution in [2.45, 2.75) is 32.5 Å². The lowest BCUT2D eigenvalue weighted by atomic mass is 10.2. The second kappa shape index (κ2) is 5.79. The van der Waals surface area contributed by atoms with E-state index in [9.17, 15) is 4.79 Å². The lowest BCUT2D eigenvalue weighted by Gasteiger charge is -2.20. The Hall–Kier alpha value is -0.850. The SMILES string of the molecule is CC(C)(C)OC(=O)NNC[C@@H](O)CO. The zero-order valence-electron chi connectivity index (χ0n) is 8.70. The van der Waals surface area contributed by atoms with Crippen LogP contribution in [0.1, 0.15) is 20.8 Å². The molecule has 0 aromatic heterocycles. The van der Waals surface area contributed by atoms with Gasteiger partial charge in [-0.25, -0.2) is 10.2 Å². The van der Waals surface area contributed by atoms with E-state index in [2.05, 4.69) is 10.9 Å². The fraction of sp³-hybridized carbons (Fsp3) is 0.875. The molecule has 0 bridgehead atoms. The molecule has 0 unspecified atom stereocenters. The minimum absolute atomic E-state index is 0.0652. The highest BCUT2D eigenvalue weighted by atomic mass is 16.6. The van der Waals surface area contributed by atoms with Crippen molar-refractivity contribution in [3.05, 3.63) is 0 Å². The number of aliphatic hydroxyl groups is 2. The van der Waals surface area contributed by atoms with E-state index in [4.69, 9.17) is 14.9 Å². The maximum atomic E-state index is 11.0. The van der Waals surface area contributed by atoms with Crippen LogP contribution < -0.4 is 10.9 Å². The van der Waals surface area contributed by atoms with E-state index in [0.717, 1.165) is 0 Å². The number of carbonyl (C=O) groups is 1. The molecule has 0 radical (unpaired) electrons. The van der Waals surface area contributed by atoms with E-state index < -0.39 is 17.8 Å². The number of nitrogens with one attached hydrogen (secondary N) is 2. The van der Waals surface area contributed by atoms with Crippen LogP contribution in [-0.4, -0.2) is 41.2 Å². The van der Waals surface area contributed by atoms with Crippen LogP contribution >= 0.6 is 0 Å². The third-order valence-corrected chi connectivity index (χ3v) is 1.14. The highest BCUT2D eigenvalue weighted by Gasteiger charge is 2.15. The number of rotatable bonds is 4. The quantitative estimate of drug-likeness (QED) is 0.460. The molecule has 0 fully saturated rings. The predicted octanol–water partition coefficient (Wildman–Crippen LogP) is -0.631. The summed E-state index contributed by atoms with van der Waals surface area (Å²) >= 11 is 0. The van der Waals surface area contributed by atoms with Crippen molar-refractivity contribution in [2.24, 2.45) is 0 Å². The van der Waals surface area contributed by atoms with Crippen LogP contribution in [0.15, 0.2) is 0 Å². The van der Waals surface area contributed by atoms with Crippen LogP contribution in [0.5, 0.6) is 0 Å². The largest absolute Gasteiger partial charge is 0.443 e. The Balaban J connectivity index is 3.55. The van der Waals surface area contributed by atoms with Gasteiger partial charge >= 0.3 is 6.09 Å². The molecule has 0 saturated heterocycles. The maximum absolute atomic E-state index is 11.0. The van der Waals surface area contributed by atoms with E-state index in [0.29, 0.717) is 0 Å². The molecule has 14 heavy (non-hydrogen) atoms. The molecule has 1 atom stereocenters. The summed E-state index contributed by atoms with van der Waals surface area (Å²) < 4.78 is 4.90. The summed E-state index contributed by atoms with van der Waals surface area (Å²) in [4.78, 5) is 11.0. The van der Waals surface area contributed by atoms with Gasteiger partial charge in [-0.15, -0.1) is 0 Å². The first-order valence-electron chi connectivity index (χ1n) is 4.36. The molecule has 0 aliphatic heterocycles. The lowest BCUT2D eigenvalue weighted by molar-refractivity contribution is 0.0463. The van der Waals surface area contributed by atoms with Gasteiger partial charge in [0.15, 0.2) is 0 Å². The molecule has 84 valence electrons. The summed E-state index contributed by atoms with van der Waals surface area (Å²) in [7, 11) is 0. The van der Waals surface area contributed by atoms with Gasteiger partial charge in [-0.05, 0) is 20.8 Å². The monoisotopic (exact) mass is 206 g/mol. The van der Waals surface area contributed by atoms with Crippen LogP contribution in [0.4, 0.5) is 4.79 Å². The van der Waals surface area contributed by atoms with Gasteiger partial charge in [0, 0.05) is 6.54 Å². The Morgan fingerprint density at radius 1 is 1.50 bits per heavy atom. The number of hydrazine groups is 1. The number of ether oxygens (including phenoxy) is 1. The molecule has 0 aliphatic rings. The summed E-state index contributed by atoms with van der Waals surface area (Å²) in [5.74, 6) is 0. The fourth-order valence-corrected chi connectivity index (χ4v) is 0.609. The number of carbonyl (C=O) groups excluding carboxylic acids is 1. The molecule has 0 spiro atoms. The summed E-state index contributed by atoms with van der Waals surface area (Å²) in [6, 6.07) is 0. The first-order chi connectivity index (χ1) is 6.35. The molecule has 0 aliphatic carbocycles. The van der Waals surface area contributed by atoms with Crippen LogP contribution in [0.2, 0.25) is 0 Å². The van der Waals surface area contributed by atoms with Crippen LogP contribution in [0.25, 0.3) is 0 Å². The molecule has 0 aromatic carbocycles. The van der Waals surface area contributed by atoms with Gasteiger partial charge in [-0.3, -0.25) is 5.43 Å². The van der Waals surface area contributed by atoms with E-state index in [1.807, 2.05) is 0 Å². The van der Waals surface area contributed by atoms with E-state index in [1.54, 1.807) is 20.8 Å². The average Bonchev–Trinajstić information content (AvgIpc) is 2.00. The molecule has 1 amide bonds. The molecule has 6 nitrogen and oxygen atoms in total. The molecule has 0 rings (SSSR count). The smallest absolute Gasteiger partial charge is 0.422 e. The van der Waals surface area contributed by atoms with E-state index in [1.165, 1.54) is 0 Å². The van der Waals surface area contributed by atoms with E-state index >= 15 is 0 Å². The first-order valence-corrected chi connectivity index (χ1v) is 4.36. The Morgan fingerprint density at radius 2 is 2.07 bits per heavy atom. The minimum Gasteiger partial charge on any atom is -0.443 e. The van der Waals surface area contributed by atoms with Crippen molar-refractivity contribution in [3.8, 4) is 0 Å². The molecule has 0 saturated carbocycles. The molecule has 4 N–H and O–H groups in total. The second-order valence-electron chi connectivity index (χ2n) is 3.84. The second-order valence-corrected chi connectivity index (χ2v) is 3.84. The Labute approximate surface area is 83.2 Å². The van der Waals surface area contributed by atoms with Gasteiger partial charge in [-0.1, -0.05) is 0 Å². The summed E-state index contributed by atoms with van der Waals surface area (Å²) in [5, 5.41) is 17.4. The van der Waals surface area contributed by atoms with Crippen molar-refractivity contribution >= 4 is 6.09 Å². The molecular weight excluding hydrogens is 188 g/mol. The highest BCUT2D eigenvalue weighted by Crippen LogP contribution is 2.05. The van der Waals surface area contributed by atoms with Crippen LogP contribution in [0, 0.1) is 0 Å². The van der Waals surface area contributed by atoms with Gasteiger partial charge in [0.25, 0.3) is 0 Å². The third kappa shape index (κ3) is 7.78. The number of hydrogen-bond acceptors (Lipinski definition) is 5. The number of hydrogen-bond donors (Lipinski definition) is 4. The summed E-state index contributed by atoms with van der Waals surface area (Å²) in [5.41, 5.74) is 4.09. The Morgan fingerprint density at radius 3 is 2.50 bits per heavy atom. The molecule has 0 aromatic rings. The van der Waals surface area contributed by atoms with Crippen LogP contribution in [0.3, 0.4) is 0 Å². The van der Waals surface area contributed by atoms with Crippen molar-refractivity contribution in [2.75, 3.05) is 13.2 Å². The molecule has 0 heterocycles. The number of amides is 1. The topological polar surface area (TPSA) is 90.8 Å². The van der Waals surface area contributed by atoms with Crippen molar-refractivity contribution < 1.29 is 19.7 Å². The standard InChI is InChI=1S/C8H18N2O4/c1-8(2,3)14-7(13)10-9-4-6(12)5-11/h6,9,11-12H,4-5H2,1-3H3,(H,10,13)/t6-/m1/s1. The van der Waals surface area contributed by atoms with Gasteiger partial charge < -0.3 is 14.9 Å². The Bertz CT molecular complexity index is 179. The van der Waals surface area contributed by atoms with Gasteiger partial charge in [0.1, 0.15) is 5.60 Å². The number of aliphatic hydroxyl groups excluding tert-OH is 2. The van der Waals surface area contributed by atoms with Gasteiger partial charge in [0.2, 0.25) is 0 Å². The zero-order valence-corrected chi connectivity index (χ0v) is 8.70.